The highest BCUT2D eigenvalue weighted by atomic mass is 32.1. The fourth-order valence-corrected chi connectivity index (χ4v) is 2.99. The van der Waals surface area contributed by atoms with Gasteiger partial charge in [-0.3, -0.25) is 10.1 Å². The van der Waals surface area contributed by atoms with Crippen LogP contribution in [-0.2, 0) is 0 Å². The molecule has 8 heteroatoms. The summed E-state index contributed by atoms with van der Waals surface area (Å²) < 4.78 is 10.9. The van der Waals surface area contributed by atoms with Crippen LogP contribution in [0.4, 0.5) is 5.69 Å². The third-order valence-electron chi connectivity index (χ3n) is 3.50. The average molecular weight is 373 g/mol. The Morgan fingerprint density at radius 1 is 1.50 bits per heavy atom. The lowest BCUT2D eigenvalue weighted by atomic mass is 10.1. The third kappa shape index (κ3) is 4.58. The number of aryl methyl sites for hydroxylation is 1. The first-order valence-corrected chi connectivity index (χ1v) is 8.91. The number of nitro benzene ring substituents is 1. The molecule has 0 unspecified atom stereocenters. The van der Waals surface area contributed by atoms with E-state index in [1.807, 2.05) is 19.2 Å². The highest BCUT2D eigenvalue weighted by Gasteiger charge is 2.22. The lowest BCUT2D eigenvalue weighted by Crippen LogP contribution is -2.03. The number of unbranched alkanes of at least 4 members (excludes halogenated alkanes) is 1. The number of ether oxygens (including phenoxy) is 2. The summed E-state index contributed by atoms with van der Waals surface area (Å²) >= 11 is 1.35. The number of methoxy groups -OCH3 is 1. The molecule has 0 bridgehead atoms. The summed E-state index contributed by atoms with van der Waals surface area (Å²) in [6.07, 6.45) is 3.25. The number of hydrogen-bond acceptors (Lipinski definition) is 7. The molecule has 0 aliphatic heterocycles. The van der Waals surface area contributed by atoms with Gasteiger partial charge >= 0.3 is 5.69 Å². The van der Waals surface area contributed by atoms with Crippen LogP contribution in [0.25, 0.3) is 11.6 Å². The molecule has 1 aromatic carbocycles. The molecule has 0 amide bonds. The van der Waals surface area contributed by atoms with Crippen molar-refractivity contribution in [1.82, 2.24) is 4.98 Å². The molecule has 0 aliphatic carbocycles. The van der Waals surface area contributed by atoms with Gasteiger partial charge in [-0.1, -0.05) is 13.3 Å². The Bertz CT molecular complexity index is 868. The monoisotopic (exact) mass is 373 g/mol. The number of nitrogens with zero attached hydrogens (tertiary/aromatic N) is 3. The summed E-state index contributed by atoms with van der Waals surface area (Å²) in [4.78, 5) is 15.2. The van der Waals surface area contributed by atoms with Crippen molar-refractivity contribution in [2.24, 2.45) is 0 Å². The van der Waals surface area contributed by atoms with E-state index in [0.717, 1.165) is 18.5 Å². The number of benzene rings is 1. The lowest BCUT2D eigenvalue weighted by molar-refractivity contribution is -0.386. The van der Waals surface area contributed by atoms with Gasteiger partial charge in [0.05, 0.1) is 24.2 Å². The van der Waals surface area contributed by atoms with Gasteiger partial charge in [-0.05, 0) is 31.1 Å². The average Bonchev–Trinajstić information content (AvgIpc) is 3.06. The predicted molar refractivity (Wildman–Crippen MR) is 100 cm³/mol. The van der Waals surface area contributed by atoms with E-state index in [1.165, 1.54) is 24.5 Å². The molecule has 0 spiro atoms. The molecule has 0 saturated heterocycles. The maximum Gasteiger partial charge on any atom is 0.315 e. The number of rotatable bonds is 8. The summed E-state index contributed by atoms with van der Waals surface area (Å²) in [5, 5.41) is 23.3. The van der Waals surface area contributed by atoms with Crippen molar-refractivity contribution in [2.75, 3.05) is 13.7 Å². The van der Waals surface area contributed by atoms with Crippen molar-refractivity contribution in [2.45, 2.75) is 26.7 Å². The van der Waals surface area contributed by atoms with Gasteiger partial charge in [-0.25, -0.2) is 4.98 Å². The van der Waals surface area contributed by atoms with E-state index in [4.69, 9.17) is 9.47 Å². The molecule has 7 nitrogen and oxygen atoms in total. The first kappa shape index (κ1) is 19.4. The minimum absolute atomic E-state index is 0.103. The van der Waals surface area contributed by atoms with E-state index in [9.17, 15) is 15.4 Å². The highest BCUT2D eigenvalue weighted by Crippen LogP contribution is 2.39. The van der Waals surface area contributed by atoms with Gasteiger partial charge in [0, 0.05) is 17.1 Å². The zero-order valence-electron chi connectivity index (χ0n) is 14.8. The maximum atomic E-state index is 11.5. The molecule has 2 aromatic rings. The quantitative estimate of drug-likeness (QED) is 0.290. The van der Waals surface area contributed by atoms with Gasteiger partial charge in [0.25, 0.3) is 0 Å². The number of nitro groups is 1. The molecule has 0 aliphatic rings. The summed E-state index contributed by atoms with van der Waals surface area (Å²) in [7, 11) is 1.43. The molecule has 0 saturated carbocycles. The van der Waals surface area contributed by atoms with Gasteiger partial charge < -0.3 is 9.47 Å². The van der Waals surface area contributed by atoms with Gasteiger partial charge in [0.2, 0.25) is 5.75 Å². The van der Waals surface area contributed by atoms with Crippen LogP contribution in [0.5, 0.6) is 11.5 Å². The van der Waals surface area contributed by atoms with E-state index in [0.29, 0.717) is 22.8 Å². The molecule has 0 fully saturated rings. The predicted octanol–water partition coefficient (Wildman–Crippen LogP) is 4.61. The second-order valence-electron chi connectivity index (χ2n) is 5.49. The molecule has 0 radical (unpaired) electrons. The summed E-state index contributed by atoms with van der Waals surface area (Å²) in [6, 6.07) is 5.08. The third-order valence-corrected chi connectivity index (χ3v) is 4.49. The van der Waals surface area contributed by atoms with Crippen LogP contribution in [-0.4, -0.2) is 23.6 Å². The minimum Gasteiger partial charge on any atom is -0.493 e. The Morgan fingerprint density at radius 3 is 2.81 bits per heavy atom. The zero-order valence-corrected chi connectivity index (χ0v) is 15.6. The topological polar surface area (TPSA) is 98.3 Å². The SMILES string of the molecule is CCCCOc1c(OC)cc(/C=C(/C#N)c2nc(C)cs2)cc1[N+](=O)[O-]. The molecule has 136 valence electrons. The standard InChI is InChI=1S/C18H19N3O4S/c1-4-5-6-25-17-15(21(22)23)8-13(9-16(17)24-3)7-14(10-19)18-20-12(2)11-26-18/h7-9,11H,4-6H2,1-3H3/b14-7-. The van der Waals surface area contributed by atoms with Crippen molar-refractivity contribution >= 4 is 28.7 Å². The van der Waals surface area contributed by atoms with E-state index < -0.39 is 4.92 Å². The fraction of sp³-hybridized carbons (Fsp3) is 0.333. The number of nitriles is 1. The molecular formula is C18H19N3O4S. The Kier molecular flexibility index (Phi) is 6.69. The minimum atomic E-state index is -0.513. The Hall–Kier alpha value is -2.92. The van der Waals surface area contributed by atoms with Crippen LogP contribution < -0.4 is 9.47 Å². The molecule has 26 heavy (non-hydrogen) atoms. The van der Waals surface area contributed by atoms with E-state index in [-0.39, 0.29) is 17.2 Å². The van der Waals surface area contributed by atoms with Crippen LogP contribution in [0.3, 0.4) is 0 Å². The van der Waals surface area contributed by atoms with Gasteiger partial charge in [0.15, 0.2) is 5.75 Å². The van der Waals surface area contributed by atoms with Crippen LogP contribution in [0, 0.1) is 28.4 Å². The summed E-state index contributed by atoms with van der Waals surface area (Å²) in [5.74, 6) is 0.362. The van der Waals surface area contributed by atoms with Gasteiger partial charge in [0.1, 0.15) is 11.1 Å². The molecule has 2 rings (SSSR count). The lowest BCUT2D eigenvalue weighted by Gasteiger charge is -2.11. The highest BCUT2D eigenvalue weighted by molar-refractivity contribution is 7.11. The normalized spacial score (nSPS) is 11.1. The molecule has 0 atom stereocenters. The second-order valence-corrected chi connectivity index (χ2v) is 6.35. The van der Waals surface area contributed by atoms with Crippen molar-refractivity contribution < 1.29 is 14.4 Å². The van der Waals surface area contributed by atoms with Crippen molar-refractivity contribution in [3.8, 4) is 17.6 Å². The zero-order chi connectivity index (χ0) is 19.1. The van der Waals surface area contributed by atoms with Crippen LogP contribution in [0.2, 0.25) is 0 Å². The van der Waals surface area contributed by atoms with Crippen molar-refractivity contribution in [1.29, 1.82) is 5.26 Å². The number of thiazole rings is 1. The Labute approximate surface area is 155 Å². The molecular weight excluding hydrogens is 354 g/mol. The summed E-state index contributed by atoms with van der Waals surface area (Å²) in [6.45, 7) is 4.21. The Balaban J connectivity index is 2.49. The van der Waals surface area contributed by atoms with Crippen molar-refractivity contribution in [3.05, 3.63) is 43.9 Å². The van der Waals surface area contributed by atoms with Crippen LogP contribution in [0.15, 0.2) is 17.5 Å². The van der Waals surface area contributed by atoms with Gasteiger partial charge in [-0.15, -0.1) is 11.3 Å². The molecule has 0 N–H and O–H groups in total. The number of aromatic nitrogens is 1. The largest absolute Gasteiger partial charge is 0.493 e. The number of hydrogen-bond donors (Lipinski definition) is 0. The first-order chi connectivity index (χ1) is 12.5. The van der Waals surface area contributed by atoms with Crippen LogP contribution >= 0.6 is 11.3 Å². The van der Waals surface area contributed by atoms with E-state index in [2.05, 4.69) is 11.1 Å². The Morgan fingerprint density at radius 2 is 2.27 bits per heavy atom. The van der Waals surface area contributed by atoms with E-state index >= 15 is 0 Å². The smallest absolute Gasteiger partial charge is 0.315 e. The summed E-state index contributed by atoms with van der Waals surface area (Å²) in [5.41, 5.74) is 1.42. The number of allylic oxidation sites excluding steroid dienone is 1. The fourth-order valence-electron chi connectivity index (χ4n) is 2.23. The first-order valence-electron chi connectivity index (χ1n) is 8.03. The molecule has 1 heterocycles. The van der Waals surface area contributed by atoms with Crippen molar-refractivity contribution in [3.63, 3.8) is 0 Å². The van der Waals surface area contributed by atoms with Gasteiger partial charge in [-0.2, -0.15) is 5.26 Å². The second kappa shape index (κ2) is 8.97. The maximum absolute atomic E-state index is 11.5. The molecule has 1 aromatic heterocycles. The van der Waals surface area contributed by atoms with E-state index in [1.54, 1.807) is 12.1 Å². The van der Waals surface area contributed by atoms with Crippen LogP contribution in [0.1, 0.15) is 36.0 Å².